The molecule has 0 radical (unpaired) electrons. The van der Waals surface area contributed by atoms with Crippen molar-refractivity contribution in [1.82, 2.24) is 14.7 Å². The molecule has 0 aliphatic heterocycles. The Balaban J connectivity index is 4.93. The number of carboxylic acids is 3. The standard InChI is InChI=1S/C17H31N3O7/c1-17(2,3)13(21)9-19(6-5-18(4)10-14(22)23)7-8-20(11-15(24)25)12-16(26)27/h5-12H2,1-4H3,(H,22,23)(H,24,25)(H,26,27). The number of carbonyl (C=O) groups is 4. The average molecular weight is 389 g/mol. The zero-order valence-electron chi connectivity index (χ0n) is 16.5. The van der Waals surface area contributed by atoms with Gasteiger partial charge in [0.05, 0.1) is 26.2 Å². The molecule has 0 fully saturated rings. The summed E-state index contributed by atoms with van der Waals surface area (Å²) in [7, 11) is 1.65. The highest BCUT2D eigenvalue weighted by molar-refractivity contribution is 5.85. The van der Waals surface area contributed by atoms with Crippen molar-refractivity contribution in [1.29, 1.82) is 0 Å². The minimum Gasteiger partial charge on any atom is -0.480 e. The summed E-state index contributed by atoms with van der Waals surface area (Å²) in [5.41, 5.74) is -0.549. The van der Waals surface area contributed by atoms with E-state index in [0.717, 1.165) is 0 Å². The van der Waals surface area contributed by atoms with E-state index >= 15 is 0 Å². The van der Waals surface area contributed by atoms with Crippen molar-refractivity contribution in [3.8, 4) is 0 Å². The fraction of sp³-hybridized carbons (Fsp3) is 0.765. The second-order valence-corrected chi connectivity index (χ2v) is 7.58. The summed E-state index contributed by atoms with van der Waals surface area (Å²) in [4.78, 5) is 49.6. The zero-order valence-corrected chi connectivity index (χ0v) is 16.5. The van der Waals surface area contributed by atoms with E-state index in [1.165, 1.54) is 4.90 Å². The van der Waals surface area contributed by atoms with Crippen LogP contribution >= 0.6 is 0 Å². The number of hydrogen-bond acceptors (Lipinski definition) is 7. The highest BCUT2D eigenvalue weighted by Crippen LogP contribution is 2.15. The van der Waals surface area contributed by atoms with Gasteiger partial charge in [0.25, 0.3) is 0 Å². The fourth-order valence-electron chi connectivity index (χ4n) is 2.21. The van der Waals surface area contributed by atoms with Gasteiger partial charge >= 0.3 is 17.9 Å². The van der Waals surface area contributed by atoms with Crippen LogP contribution in [0.3, 0.4) is 0 Å². The van der Waals surface area contributed by atoms with Gasteiger partial charge in [-0.15, -0.1) is 0 Å². The number of carbonyl (C=O) groups excluding carboxylic acids is 1. The molecule has 0 heterocycles. The van der Waals surface area contributed by atoms with Crippen molar-refractivity contribution in [2.45, 2.75) is 20.8 Å². The van der Waals surface area contributed by atoms with Gasteiger partial charge < -0.3 is 15.3 Å². The first kappa shape index (κ1) is 25.0. The number of aliphatic carboxylic acids is 3. The molecule has 27 heavy (non-hydrogen) atoms. The molecule has 0 spiro atoms. The van der Waals surface area contributed by atoms with Crippen LogP contribution in [0.4, 0.5) is 0 Å². The van der Waals surface area contributed by atoms with Gasteiger partial charge in [0.15, 0.2) is 5.78 Å². The van der Waals surface area contributed by atoms with Crippen LogP contribution in [0.15, 0.2) is 0 Å². The summed E-state index contributed by atoms with van der Waals surface area (Å²) in [5, 5.41) is 26.6. The third-order valence-electron chi connectivity index (χ3n) is 3.86. The summed E-state index contributed by atoms with van der Waals surface area (Å²) in [6.07, 6.45) is 0. The quantitative estimate of drug-likeness (QED) is 0.352. The first-order valence-electron chi connectivity index (χ1n) is 8.63. The normalized spacial score (nSPS) is 12.0. The molecular formula is C17H31N3O7. The van der Waals surface area contributed by atoms with Gasteiger partial charge in [-0.05, 0) is 7.05 Å². The van der Waals surface area contributed by atoms with Gasteiger partial charge in [-0.3, -0.25) is 33.9 Å². The Kier molecular flexibility index (Phi) is 10.7. The molecule has 0 saturated heterocycles. The Bertz CT molecular complexity index is 515. The Labute approximate surface area is 159 Å². The minimum absolute atomic E-state index is 0.00796. The average Bonchev–Trinajstić information content (AvgIpc) is 2.46. The number of carboxylic acid groups (broad SMARTS) is 3. The molecule has 0 aliphatic carbocycles. The van der Waals surface area contributed by atoms with Gasteiger partial charge in [0.2, 0.25) is 0 Å². The summed E-state index contributed by atoms with van der Waals surface area (Å²) in [6.45, 7) is 5.83. The molecule has 0 bridgehead atoms. The maximum Gasteiger partial charge on any atom is 0.317 e. The van der Waals surface area contributed by atoms with Crippen molar-refractivity contribution in [3.63, 3.8) is 0 Å². The zero-order chi connectivity index (χ0) is 21.2. The maximum absolute atomic E-state index is 12.3. The second kappa shape index (κ2) is 11.6. The lowest BCUT2D eigenvalue weighted by Gasteiger charge is -2.29. The first-order valence-corrected chi connectivity index (χ1v) is 8.63. The summed E-state index contributed by atoms with van der Waals surface area (Å²) < 4.78 is 0. The molecule has 3 N–H and O–H groups in total. The molecule has 0 amide bonds. The van der Waals surface area contributed by atoms with Crippen LogP contribution in [0.1, 0.15) is 20.8 Å². The lowest BCUT2D eigenvalue weighted by molar-refractivity contribution is -0.142. The molecule has 0 aromatic heterocycles. The van der Waals surface area contributed by atoms with Gasteiger partial charge in [-0.1, -0.05) is 20.8 Å². The van der Waals surface area contributed by atoms with Crippen molar-refractivity contribution in [3.05, 3.63) is 0 Å². The molecule has 0 aliphatic rings. The Morgan fingerprint density at radius 1 is 0.667 bits per heavy atom. The third kappa shape index (κ3) is 12.9. The number of rotatable bonds is 14. The number of ketones is 1. The van der Waals surface area contributed by atoms with E-state index in [9.17, 15) is 19.2 Å². The van der Waals surface area contributed by atoms with E-state index in [-0.39, 0.29) is 25.4 Å². The second-order valence-electron chi connectivity index (χ2n) is 7.58. The molecule has 0 aromatic carbocycles. The maximum atomic E-state index is 12.3. The summed E-state index contributed by atoms with van der Waals surface area (Å²) in [5.74, 6) is -3.22. The van der Waals surface area contributed by atoms with Gasteiger partial charge in [-0.25, -0.2) is 0 Å². The Morgan fingerprint density at radius 2 is 1.07 bits per heavy atom. The van der Waals surface area contributed by atoms with Crippen molar-refractivity contribution in [2.75, 3.05) is 59.4 Å². The Morgan fingerprint density at radius 3 is 1.48 bits per heavy atom. The predicted octanol–water partition coefficient (Wildman–Crippen LogP) is -0.609. The van der Waals surface area contributed by atoms with Crippen molar-refractivity contribution >= 4 is 23.7 Å². The van der Waals surface area contributed by atoms with Crippen LogP contribution in [-0.2, 0) is 19.2 Å². The van der Waals surface area contributed by atoms with Gasteiger partial charge in [0.1, 0.15) is 0 Å². The van der Waals surface area contributed by atoms with Crippen LogP contribution in [0.5, 0.6) is 0 Å². The van der Waals surface area contributed by atoms with Crippen LogP contribution in [0.2, 0.25) is 0 Å². The summed E-state index contributed by atoms with van der Waals surface area (Å²) >= 11 is 0. The van der Waals surface area contributed by atoms with Gasteiger partial charge in [-0.2, -0.15) is 0 Å². The highest BCUT2D eigenvalue weighted by atomic mass is 16.4. The third-order valence-corrected chi connectivity index (χ3v) is 3.86. The van der Waals surface area contributed by atoms with E-state index < -0.39 is 36.4 Å². The minimum atomic E-state index is -1.13. The lowest BCUT2D eigenvalue weighted by Crippen LogP contribution is -2.45. The predicted molar refractivity (Wildman–Crippen MR) is 97.7 cm³/mol. The molecule has 10 nitrogen and oxygen atoms in total. The van der Waals surface area contributed by atoms with E-state index in [0.29, 0.717) is 19.6 Å². The smallest absolute Gasteiger partial charge is 0.317 e. The number of hydrogen-bond donors (Lipinski definition) is 3. The molecule has 156 valence electrons. The first-order chi connectivity index (χ1) is 12.3. The SMILES string of the molecule is CN(CCN(CCN(CC(=O)O)CC(=O)O)CC(=O)C(C)(C)C)CC(=O)O. The topological polar surface area (TPSA) is 139 Å². The van der Waals surface area contributed by atoms with Crippen LogP contribution in [0, 0.1) is 5.41 Å². The largest absolute Gasteiger partial charge is 0.480 e. The fourth-order valence-corrected chi connectivity index (χ4v) is 2.21. The van der Waals surface area contributed by atoms with Gasteiger partial charge in [0, 0.05) is 31.6 Å². The number of Topliss-reactive ketones (excluding diaryl/α,β-unsaturated/α-hetero) is 1. The molecule has 0 unspecified atom stereocenters. The van der Waals surface area contributed by atoms with Crippen LogP contribution in [-0.4, -0.2) is 113 Å². The number of nitrogens with zero attached hydrogens (tertiary/aromatic N) is 3. The van der Waals surface area contributed by atoms with Crippen LogP contribution in [0.25, 0.3) is 0 Å². The molecule has 0 rings (SSSR count). The van der Waals surface area contributed by atoms with Crippen LogP contribution < -0.4 is 0 Å². The van der Waals surface area contributed by atoms with Crippen molar-refractivity contribution in [2.24, 2.45) is 5.41 Å². The highest BCUT2D eigenvalue weighted by Gasteiger charge is 2.24. The molecule has 10 heteroatoms. The molecular weight excluding hydrogens is 358 g/mol. The molecule has 0 aromatic rings. The van der Waals surface area contributed by atoms with E-state index in [2.05, 4.69) is 0 Å². The molecule has 0 atom stereocenters. The van der Waals surface area contributed by atoms with E-state index in [1.54, 1.807) is 37.6 Å². The molecule has 0 saturated carbocycles. The monoisotopic (exact) mass is 389 g/mol. The lowest BCUT2D eigenvalue weighted by atomic mass is 9.90. The van der Waals surface area contributed by atoms with Crippen molar-refractivity contribution < 1.29 is 34.5 Å². The van der Waals surface area contributed by atoms with E-state index in [4.69, 9.17) is 15.3 Å². The Hall–Kier alpha value is -2.04. The number of likely N-dealkylation sites (N-methyl/N-ethyl adjacent to an activating group) is 1. The summed E-state index contributed by atoms with van der Waals surface area (Å²) in [6, 6.07) is 0. The van der Waals surface area contributed by atoms with E-state index in [1.807, 2.05) is 0 Å².